The predicted molar refractivity (Wildman–Crippen MR) is 78.4 cm³/mol. The van der Waals surface area contributed by atoms with Gasteiger partial charge in [-0.15, -0.1) is 0 Å². The zero-order valence-corrected chi connectivity index (χ0v) is 13.5. The van der Waals surface area contributed by atoms with E-state index in [0.717, 1.165) is 8.95 Å². The zero-order chi connectivity index (χ0) is 14.7. The third-order valence-electron chi connectivity index (χ3n) is 2.45. The smallest absolute Gasteiger partial charge is 0.371 e. The highest BCUT2D eigenvalue weighted by Gasteiger charge is 2.11. The van der Waals surface area contributed by atoms with Gasteiger partial charge in [-0.1, -0.05) is 0 Å². The molecule has 0 aliphatic heterocycles. The Balaban J connectivity index is 2.10. The second-order valence-corrected chi connectivity index (χ2v) is 5.49. The minimum atomic E-state index is -1.11. The molecule has 0 aliphatic rings. The molecule has 1 aromatic carbocycles. The number of halogens is 2. The molecule has 0 bridgehead atoms. The lowest BCUT2D eigenvalue weighted by Gasteiger charge is -2.10. The molecule has 5 nitrogen and oxygen atoms in total. The van der Waals surface area contributed by atoms with E-state index in [9.17, 15) is 4.79 Å². The summed E-state index contributed by atoms with van der Waals surface area (Å²) in [6.07, 6.45) is 0. The van der Waals surface area contributed by atoms with Crippen LogP contribution in [0.15, 0.2) is 37.6 Å². The molecule has 2 aromatic rings. The van der Waals surface area contributed by atoms with Crippen LogP contribution >= 0.6 is 31.9 Å². The van der Waals surface area contributed by atoms with E-state index in [2.05, 4.69) is 31.9 Å². The molecule has 0 saturated heterocycles. The van der Waals surface area contributed by atoms with Gasteiger partial charge in [-0.05, 0) is 56.1 Å². The average molecular weight is 406 g/mol. The third-order valence-corrected chi connectivity index (χ3v) is 3.69. The number of furan rings is 1. The summed E-state index contributed by atoms with van der Waals surface area (Å²) in [5.74, 6) is 0.478. The summed E-state index contributed by atoms with van der Waals surface area (Å²) >= 11 is 6.74. The Morgan fingerprint density at radius 2 is 1.90 bits per heavy atom. The Kier molecular flexibility index (Phi) is 4.72. The van der Waals surface area contributed by atoms with E-state index in [1.807, 2.05) is 0 Å². The number of rotatable bonds is 5. The van der Waals surface area contributed by atoms with Crippen LogP contribution < -0.4 is 9.47 Å². The van der Waals surface area contributed by atoms with Crippen molar-refractivity contribution in [1.29, 1.82) is 0 Å². The third kappa shape index (κ3) is 3.34. The van der Waals surface area contributed by atoms with Crippen LogP contribution in [0.2, 0.25) is 0 Å². The Labute approximate surface area is 131 Å². The topological polar surface area (TPSA) is 68.9 Å². The SMILES string of the molecule is COc1cc(Br)c(OCc2ccc(C(=O)O)o2)cc1Br. The lowest BCUT2D eigenvalue weighted by molar-refractivity contribution is 0.0658. The highest BCUT2D eigenvalue weighted by Crippen LogP contribution is 2.36. The van der Waals surface area contributed by atoms with Gasteiger partial charge in [-0.3, -0.25) is 0 Å². The van der Waals surface area contributed by atoms with Crippen molar-refractivity contribution in [2.24, 2.45) is 0 Å². The fourth-order valence-corrected chi connectivity index (χ4v) is 2.42. The van der Waals surface area contributed by atoms with Crippen molar-refractivity contribution in [3.8, 4) is 11.5 Å². The maximum Gasteiger partial charge on any atom is 0.371 e. The first-order valence-electron chi connectivity index (χ1n) is 5.49. The quantitative estimate of drug-likeness (QED) is 0.811. The van der Waals surface area contributed by atoms with Crippen LogP contribution in [-0.4, -0.2) is 18.2 Å². The Bertz CT molecular complexity index is 636. The van der Waals surface area contributed by atoms with Crippen molar-refractivity contribution in [3.63, 3.8) is 0 Å². The summed E-state index contributed by atoms with van der Waals surface area (Å²) in [6.45, 7) is 0.130. The average Bonchev–Trinajstić information content (AvgIpc) is 2.88. The summed E-state index contributed by atoms with van der Waals surface area (Å²) in [6, 6.07) is 6.48. The summed E-state index contributed by atoms with van der Waals surface area (Å²) in [5, 5.41) is 8.76. The maximum absolute atomic E-state index is 10.7. The van der Waals surface area contributed by atoms with E-state index >= 15 is 0 Å². The standard InChI is InChI=1S/C13H10Br2O5/c1-18-11-4-9(15)12(5-8(11)14)19-6-7-2-3-10(20-7)13(16)17/h2-5H,6H2,1H3,(H,16,17). The minimum absolute atomic E-state index is 0.112. The lowest BCUT2D eigenvalue weighted by Crippen LogP contribution is -1.96. The van der Waals surface area contributed by atoms with Crippen LogP contribution in [0.3, 0.4) is 0 Å². The molecular weight excluding hydrogens is 396 g/mol. The molecule has 20 heavy (non-hydrogen) atoms. The molecule has 0 radical (unpaired) electrons. The first kappa shape index (κ1) is 14.9. The van der Waals surface area contributed by atoms with Crippen molar-refractivity contribution < 1.29 is 23.8 Å². The predicted octanol–water partition coefficient (Wildman–Crippen LogP) is 4.09. The Morgan fingerprint density at radius 3 is 2.50 bits per heavy atom. The molecule has 0 spiro atoms. The molecule has 0 amide bonds. The van der Waals surface area contributed by atoms with E-state index in [-0.39, 0.29) is 12.4 Å². The summed E-state index contributed by atoms with van der Waals surface area (Å²) in [4.78, 5) is 10.7. The van der Waals surface area contributed by atoms with Crippen molar-refractivity contribution in [2.75, 3.05) is 7.11 Å². The number of carbonyl (C=O) groups is 1. The van der Waals surface area contributed by atoms with Gasteiger partial charge in [0.1, 0.15) is 23.9 Å². The Morgan fingerprint density at radius 1 is 1.25 bits per heavy atom. The van der Waals surface area contributed by atoms with Gasteiger partial charge in [0.2, 0.25) is 5.76 Å². The molecule has 0 fully saturated rings. The lowest BCUT2D eigenvalue weighted by atomic mass is 10.3. The molecular formula is C13H10Br2O5. The molecule has 1 heterocycles. The number of carboxylic acid groups (broad SMARTS) is 1. The van der Waals surface area contributed by atoms with Crippen LogP contribution in [0.25, 0.3) is 0 Å². The number of methoxy groups -OCH3 is 1. The molecule has 0 saturated carbocycles. The van der Waals surface area contributed by atoms with Crippen molar-refractivity contribution >= 4 is 37.8 Å². The number of aromatic carboxylic acids is 1. The van der Waals surface area contributed by atoms with E-state index in [0.29, 0.717) is 17.3 Å². The normalized spacial score (nSPS) is 10.3. The van der Waals surface area contributed by atoms with Crippen LogP contribution in [0, 0.1) is 0 Å². The van der Waals surface area contributed by atoms with Gasteiger partial charge in [0.25, 0.3) is 0 Å². The van der Waals surface area contributed by atoms with Gasteiger partial charge in [0.05, 0.1) is 16.1 Å². The summed E-state index contributed by atoms with van der Waals surface area (Å²) < 4.78 is 17.3. The van der Waals surface area contributed by atoms with Gasteiger partial charge in [0, 0.05) is 0 Å². The fourth-order valence-electron chi connectivity index (χ4n) is 1.50. The number of benzene rings is 1. The molecule has 0 aliphatic carbocycles. The molecule has 1 N–H and O–H groups in total. The van der Waals surface area contributed by atoms with Crippen LogP contribution in [0.1, 0.15) is 16.3 Å². The molecule has 2 rings (SSSR count). The maximum atomic E-state index is 10.7. The van der Waals surface area contributed by atoms with E-state index < -0.39 is 5.97 Å². The largest absolute Gasteiger partial charge is 0.496 e. The van der Waals surface area contributed by atoms with E-state index in [4.69, 9.17) is 19.0 Å². The van der Waals surface area contributed by atoms with Gasteiger partial charge in [-0.25, -0.2) is 4.79 Å². The summed E-state index contributed by atoms with van der Waals surface area (Å²) in [7, 11) is 1.57. The van der Waals surface area contributed by atoms with Crippen molar-refractivity contribution in [1.82, 2.24) is 0 Å². The second-order valence-electron chi connectivity index (χ2n) is 3.78. The highest BCUT2D eigenvalue weighted by atomic mass is 79.9. The molecule has 7 heteroatoms. The van der Waals surface area contributed by atoms with Crippen LogP contribution in [-0.2, 0) is 6.61 Å². The van der Waals surface area contributed by atoms with Crippen molar-refractivity contribution in [3.05, 3.63) is 44.7 Å². The van der Waals surface area contributed by atoms with Gasteiger partial charge in [-0.2, -0.15) is 0 Å². The number of hydrogen-bond donors (Lipinski definition) is 1. The fraction of sp³-hybridized carbons (Fsp3) is 0.154. The second kappa shape index (κ2) is 6.32. The Hall–Kier alpha value is -1.47. The van der Waals surface area contributed by atoms with E-state index in [1.54, 1.807) is 25.3 Å². The van der Waals surface area contributed by atoms with E-state index in [1.165, 1.54) is 6.07 Å². The molecule has 0 atom stereocenters. The minimum Gasteiger partial charge on any atom is -0.496 e. The molecule has 0 unspecified atom stereocenters. The van der Waals surface area contributed by atoms with Crippen molar-refractivity contribution in [2.45, 2.75) is 6.61 Å². The van der Waals surface area contributed by atoms with Crippen LogP contribution in [0.4, 0.5) is 0 Å². The number of hydrogen-bond acceptors (Lipinski definition) is 4. The van der Waals surface area contributed by atoms with Gasteiger partial charge in [0.15, 0.2) is 0 Å². The number of carboxylic acids is 1. The van der Waals surface area contributed by atoms with Gasteiger partial charge >= 0.3 is 5.97 Å². The molecule has 1 aromatic heterocycles. The molecule has 106 valence electrons. The highest BCUT2D eigenvalue weighted by molar-refractivity contribution is 9.11. The first-order valence-corrected chi connectivity index (χ1v) is 7.07. The summed E-state index contributed by atoms with van der Waals surface area (Å²) in [5.41, 5.74) is 0. The zero-order valence-electron chi connectivity index (χ0n) is 10.4. The number of ether oxygens (including phenoxy) is 2. The monoisotopic (exact) mass is 404 g/mol. The van der Waals surface area contributed by atoms with Gasteiger partial charge < -0.3 is 19.0 Å². The first-order chi connectivity index (χ1) is 9.51. The van der Waals surface area contributed by atoms with Crippen LogP contribution in [0.5, 0.6) is 11.5 Å².